The topological polar surface area (TPSA) is 66.8 Å². The average Bonchev–Trinajstić information content (AvgIpc) is 2.28. The molecule has 0 aliphatic carbocycles. The number of amides is 1. The largest absolute Gasteiger partial charge is 0.507 e. The van der Waals surface area contributed by atoms with E-state index in [-0.39, 0.29) is 12.1 Å². The van der Waals surface area contributed by atoms with Crippen LogP contribution in [0.25, 0.3) is 0 Å². The molecule has 5 nitrogen and oxygen atoms in total. The van der Waals surface area contributed by atoms with Gasteiger partial charge >= 0.3 is 5.97 Å². The number of hydrogen-bond acceptors (Lipinski definition) is 4. The fraction of sp³-hybridized carbons (Fsp3) is 0.273. The van der Waals surface area contributed by atoms with Crippen molar-refractivity contribution in [2.75, 3.05) is 20.7 Å². The fourth-order valence-electron chi connectivity index (χ4n) is 1.22. The van der Waals surface area contributed by atoms with Crippen LogP contribution in [0.1, 0.15) is 10.4 Å². The summed E-state index contributed by atoms with van der Waals surface area (Å²) in [5.41, 5.74) is -0.0715. The lowest BCUT2D eigenvalue weighted by Gasteiger charge is -2.16. The van der Waals surface area contributed by atoms with Gasteiger partial charge in [-0.2, -0.15) is 0 Å². The highest BCUT2D eigenvalue weighted by atomic mass is 19.1. The molecular weight excluding hydrogens is 229 g/mol. The van der Waals surface area contributed by atoms with E-state index in [2.05, 4.69) is 4.74 Å². The van der Waals surface area contributed by atoms with Crippen LogP contribution in [-0.2, 0) is 9.53 Å². The molecule has 0 atom stereocenters. The third kappa shape index (κ3) is 3.17. The summed E-state index contributed by atoms with van der Waals surface area (Å²) in [7, 11) is 2.58. The highest BCUT2D eigenvalue weighted by Crippen LogP contribution is 2.19. The van der Waals surface area contributed by atoms with Gasteiger partial charge in [-0.05, 0) is 12.1 Å². The van der Waals surface area contributed by atoms with Gasteiger partial charge in [0.25, 0.3) is 5.91 Å². The van der Waals surface area contributed by atoms with E-state index in [0.717, 1.165) is 23.1 Å². The molecule has 6 heteroatoms. The Balaban J connectivity index is 2.85. The minimum atomic E-state index is -0.644. The zero-order valence-corrected chi connectivity index (χ0v) is 9.44. The predicted molar refractivity (Wildman–Crippen MR) is 57.0 cm³/mol. The number of methoxy groups -OCH3 is 1. The Labute approximate surface area is 97.4 Å². The van der Waals surface area contributed by atoms with Gasteiger partial charge in [0.2, 0.25) is 0 Å². The standard InChI is InChI=1S/C11H12FNO4/c1-13(6-10(15)17-2)11(16)8-4-3-7(12)5-9(8)14/h3-5,14H,6H2,1-2H3. The van der Waals surface area contributed by atoms with Crippen LogP contribution >= 0.6 is 0 Å². The molecule has 0 aromatic heterocycles. The molecule has 0 bridgehead atoms. The van der Waals surface area contributed by atoms with E-state index in [1.165, 1.54) is 14.2 Å². The monoisotopic (exact) mass is 241 g/mol. The van der Waals surface area contributed by atoms with E-state index in [9.17, 15) is 19.1 Å². The lowest BCUT2D eigenvalue weighted by atomic mass is 10.1. The molecule has 0 saturated heterocycles. The van der Waals surface area contributed by atoms with Crippen LogP contribution in [0.3, 0.4) is 0 Å². The Hall–Kier alpha value is -2.11. The molecule has 0 aliphatic heterocycles. The summed E-state index contributed by atoms with van der Waals surface area (Å²) in [6, 6.07) is 3.04. The smallest absolute Gasteiger partial charge is 0.325 e. The van der Waals surface area contributed by atoms with Gasteiger partial charge in [-0.25, -0.2) is 4.39 Å². The van der Waals surface area contributed by atoms with Gasteiger partial charge in [-0.15, -0.1) is 0 Å². The second-order valence-corrected chi connectivity index (χ2v) is 3.40. The molecular formula is C11H12FNO4. The molecule has 17 heavy (non-hydrogen) atoms. The van der Waals surface area contributed by atoms with Crippen molar-refractivity contribution in [3.05, 3.63) is 29.6 Å². The molecule has 1 N–H and O–H groups in total. The number of esters is 1. The summed E-state index contributed by atoms with van der Waals surface area (Å²) < 4.78 is 17.1. The van der Waals surface area contributed by atoms with Gasteiger partial charge in [-0.1, -0.05) is 0 Å². The maximum absolute atomic E-state index is 12.7. The summed E-state index contributed by atoms with van der Waals surface area (Å²) in [6.07, 6.45) is 0. The number of rotatable bonds is 3. The van der Waals surface area contributed by atoms with Crippen molar-refractivity contribution in [3.8, 4) is 5.75 Å². The fourth-order valence-corrected chi connectivity index (χ4v) is 1.22. The van der Waals surface area contributed by atoms with E-state index in [0.29, 0.717) is 0 Å². The summed E-state index contributed by atoms with van der Waals surface area (Å²) in [5, 5.41) is 9.40. The average molecular weight is 241 g/mol. The van der Waals surface area contributed by atoms with Crippen molar-refractivity contribution >= 4 is 11.9 Å². The maximum Gasteiger partial charge on any atom is 0.325 e. The van der Waals surface area contributed by atoms with Crippen molar-refractivity contribution in [2.24, 2.45) is 0 Å². The van der Waals surface area contributed by atoms with E-state index in [1.54, 1.807) is 0 Å². The summed E-state index contributed by atoms with van der Waals surface area (Å²) >= 11 is 0. The number of aromatic hydroxyl groups is 1. The van der Waals surface area contributed by atoms with Crippen LogP contribution in [0.2, 0.25) is 0 Å². The van der Waals surface area contributed by atoms with Crippen molar-refractivity contribution in [3.63, 3.8) is 0 Å². The van der Waals surface area contributed by atoms with Crippen LogP contribution in [0.15, 0.2) is 18.2 Å². The predicted octanol–water partition coefficient (Wildman–Crippen LogP) is 0.776. The lowest BCUT2D eigenvalue weighted by Crippen LogP contribution is -2.32. The molecule has 1 aromatic carbocycles. The molecule has 0 fully saturated rings. The minimum Gasteiger partial charge on any atom is -0.507 e. The van der Waals surface area contributed by atoms with Crippen LogP contribution in [0.5, 0.6) is 5.75 Å². The summed E-state index contributed by atoms with van der Waals surface area (Å²) in [4.78, 5) is 23.8. The summed E-state index contributed by atoms with van der Waals surface area (Å²) in [5.74, 6) is -2.28. The van der Waals surface area contributed by atoms with Gasteiger partial charge < -0.3 is 14.7 Å². The lowest BCUT2D eigenvalue weighted by molar-refractivity contribution is -0.141. The first kappa shape index (κ1) is 13.0. The highest BCUT2D eigenvalue weighted by molar-refractivity contribution is 5.98. The van der Waals surface area contributed by atoms with Crippen molar-refractivity contribution in [1.82, 2.24) is 4.90 Å². The van der Waals surface area contributed by atoms with E-state index >= 15 is 0 Å². The van der Waals surface area contributed by atoms with E-state index in [4.69, 9.17) is 0 Å². The van der Waals surface area contributed by atoms with Crippen LogP contribution in [-0.4, -0.2) is 42.6 Å². The zero-order chi connectivity index (χ0) is 13.0. The van der Waals surface area contributed by atoms with Gasteiger partial charge in [0.05, 0.1) is 12.7 Å². The van der Waals surface area contributed by atoms with E-state index < -0.39 is 23.4 Å². The van der Waals surface area contributed by atoms with Gasteiger partial charge in [0.15, 0.2) is 0 Å². The second-order valence-electron chi connectivity index (χ2n) is 3.40. The number of likely N-dealkylation sites (N-methyl/N-ethyl adjacent to an activating group) is 1. The number of ether oxygens (including phenoxy) is 1. The number of phenols is 1. The Bertz CT molecular complexity index is 447. The van der Waals surface area contributed by atoms with Crippen LogP contribution in [0.4, 0.5) is 4.39 Å². The summed E-state index contributed by atoms with van der Waals surface area (Å²) in [6.45, 7) is -0.244. The second kappa shape index (κ2) is 5.29. The highest BCUT2D eigenvalue weighted by Gasteiger charge is 2.18. The first-order valence-electron chi connectivity index (χ1n) is 4.76. The number of carbonyl (C=O) groups is 2. The van der Waals surface area contributed by atoms with Crippen LogP contribution in [0, 0.1) is 5.82 Å². The quantitative estimate of drug-likeness (QED) is 0.794. The van der Waals surface area contributed by atoms with Gasteiger partial charge in [-0.3, -0.25) is 9.59 Å². The molecule has 1 rings (SSSR count). The molecule has 0 heterocycles. The molecule has 0 spiro atoms. The van der Waals surface area contributed by atoms with Gasteiger partial charge in [0.1, 0.15) is 18.1 Å². The molecule has 1 aromatic rings. The SMILES string of the molecule is COC(=O)CN(C)C(=O)c1ccc(F)cc1O. The Morgan fingerprint density at radius 1 is 1.47 bits per heavy atom. The Morgan fingerprint density at radius 2 is 2.12 bits per heavy atom. The molecule has 0 saturated carbocycles. The number of nitrogens with zero attached hydrogens (tertiary/aromatic N) is 1. The molecule has 0 radical (unpaired) electrons. The maximum atomic E-state index is 12.7. The Morgan fingerprint density at radius 3 is 2.65 bits per heavy atom. The van der Waals surface area contributed by atoms with Crippen molar-refractivity contribution in [2.45, 2.75) is 0 Å². The third-order valence-electron chi connectivity index (χ3n) is 2.13. The van der Waals surface area contributed by atoms with Crippen LogP contribution < -0.4 is 0 Å². The first-order chi connectivity index (χ1) is 7.95. The number of carbonyl (C=O) groups excluding carboxylic acids is 2. The molecule has 0 aliphatic rings. The third-order valence-corrected chi connectivity index (χ3v) is 2.13. The Kier molecular flexibility index (Phi) is 4.03. The normalized spacial score (nSPS) is 9.82. The number of phenolic OH excluding ortho intramolecular Hbond substituents is 1. The number of halogens is 1. The minimum absolute atomic E-state index is 0.0715. The number of hydrogen-bond donors (Lipinski definition) is 1. The first-order valence-corrected chi connectivity index (χ1v) is 4.76. The molecule has 92 valence electrons. The van der Waals surface area contributed by atoms with Crippen molar-refractivity contribution in [1.29, 1.82) is 0 Å². The molecule has 0 unspecified atom stereocenters. The van der Waals surface area contributed by atoms with Gasteiger partial charge in [0, 0.05) is 13.1 Å². The van der Waals surface area contributed by atoms with Crippen molar-refractivity contribution < 1.29 is 23.8 Å². The zero-order valence-electron chi connectivity index (χ0n) is 9.44. The molecule has 1 amide bonds. The van der Waals surface area contributed by atoms with E-state index in [1.807, 2.05) is 0 Å². The number of benzene rings is 1.